The fourth-order valence-electron chi connectivity index (χ4n) is 3.06. The van der Waals surface area contributed by atoms with Crippen LogP contribution in [-0.4, -0.2) is 15.9 Å². The number of rotatable bonds is 4. The third kappa shape index (κ3) is 3.35. The molecule has 2 aromatic heterocycles. The Bertz CT molecular complexity index is 920. The summed E-state index contributed by atoms with van der Waals surface area (Å²) in [5, 5.41) is 12.2. The van der Waals surface area contributed by atoms with Crippen molar-refractivity contribution in [2.45, 2.75) is 24.0 Å². The lowest BCUT2D eigenvalue weighted by molar-refractivity contribution is -0.119. The standard InChI is InChI=1S/C17H16N4OS3/c1-9-16(25-18)24-17(20-9)21-14(22)13-6-10-2-3-11(7-12(10)8-13)15-19-4-5-23-15/h2-5,7,13H,6,8,18H2,1H3,(H,20,21,22). The second kappa shape index (κ2) is 6.87. The normalized spacial score (nSPS) is 16.0. The molecule has 25 heavy (non-hydrogen) atoms. The van der Waals surface area contributed by atoms with E-state index in [1.54, 1.807) is 11.3 Å². The number of aromatic nitrogens is 2. The Balaban J connectivity index is 1.48. The number of amides is 1. The maximum Gasteiger partial charge on any atom is 0.229 e. The van der Waals surface area contributed by atoms with Crippen LogP contribution in [0.4, 0.5) is 5.13 Å². The number of aryl methyl sites for hydroxylation is 1. The summed E-state index contributed by atoms with van der Waals surface area (Å²) in [4.78, 5) is 21.3. The molecule has 1 aliphatic rings. The monoisotopic (exact) mass is 388 g/mol. The summed E-state index contributed by atoms with van der Waals surface area (Å²) in [5.74, 6) is -0.0333. The van der Waals surface area contributed by atoms with Gasteiger partial charge in [0.25, 0.3) is 0 Å². The molecule has 0 spiro atoms. The summed E-state index contributed by atoms with van der Waals surface area (Å²) in [6.45, 7) is 1.90. The molecule has 128 valence electrons. The van der Waals surface area contributed by atoms with Gasteiger partial charge in [-0.15, -0.1) is 11.3 Å². The van der Waals surface area contributed by atoms with E-state index in [2.05, 4.69) is 33.5 Å². The molecule has 5 nitrogen and oxygen atoms in total. The Hall–Kier alpha value is -1.74. The van der Waals surface area contributed by atoms with Gasteiger partial charge in [-0.1, -0.05) is 23.5 Å². The first-order valence-electron chi connectivity index (χ1n) is 7.80. The van der Waals surface area contributed by atoms with Crippen LogP contribution in [0, 0.1) is 12.8 Å². The van der Waals surface area contributed by atoms with Crippen LogP contribution >= 0.6 is 34.6 Å². The van der Waals surface area contributed by atoms with Gasteiger partial charge >= 0.3 is 0 Å². The van der Waals surface area contributed by atoms with Crippen LogP contribution < -0.4 is 10.5 Å². The average Bonchev–Trinajstić information content (AvgIpc) is 3.33. The smallest absolute Gasteiger partial charge is 0.229 e. The molecule has 1 unspecified atom stereocenters. The van der Waals surface area contributed by atoms with Gasteiger partial charge in [-0.05, 0) is 48.9 Å². The molecule has 0 saturated heterocycles. The molecule has 0 fully saturated rings. The fraction of sp³-hybridized carbons (Fsp3) is 0.235. The summed E-state index contributed by atoms with van der Waals surface area (Å²) >= 11 is 4.21. The summed E-state index contributed by atoms with van der Waals surface area (Å²) in [6.07, 6.45) is 3.33. The molecule has 3 N–H and O–H groups in total. The Morgan fingerprint density at radius 3 is 2.92 bits per heavy atom. The van der Waals surface area contributed by atoms with Crippen LogP contribution in [0.1, 0.15) is 16.8 Å². The van der Waals surface area contributed by atoms with Gasteiger partial charge < -0.3 is 5.32 Å². The highest BCUT2D eigenvalue weighted by Gasteiger charge is 2.28. The van der Waals surface area contributed by atoms with E-state index in [1.807, 2.05) is 18.5 Å². The summed E-state index contributed by atoms with van der Waals surface area (Å²) in [5.41, 5.74) is 4.46. The highest BCUT2D eigenvalue weighted by molar-refractivity contribution is 7.99. The van der Waals surface area contributed by atoms with Crippen molar-refractivity contribution in [3.05, 3.63) is 46.6 Å². The molecule has 3 aromatic rings. The lowest BCUT2D eigenvalue weighted by Gasteiger charge is -2.07. The van der Waals surface area contributed by atoms with E-state index >= 15 is 0 Å². The molecular weight excluding hydrogens is 372 g/mol. The molecule has 0 radical (unpaired) electrons. The van der Waals surface area contributed by atoms with Gasteiger partial charge in [-0.25, -0.2) is 9.97 Å². The minimum Gasteiger partial charge on any atom is -0.302 e. The molecule has 1 aromatic carbocycles. The number of nitrogens with two attached hydrogens (primary N) is 1. The van der Waals surface area contributed by atoms with Gasteiger partial charge in [0.05, 0.1) is 9.90 Å². The van der Waals surface area contributed by atoms with Crippen molar-refractivity contribution >= 4 is 45.7 Å². The highest BCUT2D eigenvalue weighted by Crippen LogP contribution is 2.33. The van der Waals surface area contributed by atoms with Gasteiger partial charge in [0, 0.05) is 23.1 Å². The predicted octanol–water partition coefficient (Wildman–Crippen LogP) is 3.89. The molecule has 1 aliphatic carbocycles. The van der Waals surface area contributed by atoms with Crippen LogP contribution in [-0.2, 0) is 17.6 Å². The van der Waals surface area contributed by atoms with Gasteiger partial charge in [-0.2, -0.15) is 0 Å². The molecule has 0 bridgehead atoms. The van der Waals surface area contributed by atoms with Gasteiger partial charge in [0.2, 0.25) is 5.91 Å². The third-order valence-electron chi connectivity index (χ3n) is 4.28. The van der Waals surface area contributed by atoms with Crippen LogP contribution in [0.2, 0.25) is 0 Å². The number of benzene rings is 1. The van der Waals surface area contributed by atoms with Crippen LogP contribution in [0.25, 0.3) is 10.6 Å². The zero-order valence-electron chi connectivity index (χ0n) is 13.5. The van der Waals surface area contributed by atoms with E-state index in [4.69, 9.17) is 5.14 Å². The number of carbonyl (C=O) groups is 1. The molecule has 0 saturated carbocycles. The number of fused-ring (bicyclic) bond motifs is 1. The predicted molar refractivity (Wildman–Crippen MR) is 104 cm³/mol. The summed E-state index contributed by atoms with van der Waals surface area (Å²) in [6, 6.07) is 6.38. The summed E-state index contributed by atoms with van der Waals surface area (Å²) < 4.78 is 0.929. The SMILES string of the molecule is Cc1nc(NC(=O)C2Cc3ccc(-c4nccs4)cc3C2)sc1SN. The molecule has 4 rings (SSSR count). The number of nitrogens with zero attached hydrogens (tertiary/aromatic N) is 2. The summed E-state index contributed by atoms with van der Waals surface area (Å²) in [7, 11) is 0. The lowest BCUT2D eigenvalue weighted by atomic mass is 10.1. The van der Waals surface area contributed by atoms with E-state index in [0.29, 0.717) is 5.13 Å². The van der Waals surface area contributed by atoms with Crippen LogP contribution in [0.5, 0.6) is 0 Å². The molecule has 2 heterocycles. The minimum atomic E-state index is -0.0558. The average molecular weight is 389 g/mol. The lowest BCUT2D eigenvalue weighted by Crippen LogP contribution is -2.23. The third-order valence-corrected chi connectivity index (χ3v) is 7.02. The number of anilines is 1. The fourth-order valence-corrected chi connectivity index (χ4v) is 5.04. The van der Waals surface area contributed by atoms with Gasteiger partial charge in [0.15, 0.2) is 5.13 Å². The van der Waals surface area contributed by atoms with Crippen molar-refractivity contribution in [3.63, 3.8) is 0 Å². The van der Waals surface area contributed by atoms with E-state index in [9.17, 15) is 4.79 Å². The van der Waals surface area contributed by atoms with Crippen LogP contribution in [0.15, 0.2) is 34.0 Å². The quantitative estimate of drug-likeness (QED) is 0.663. The van der Waals surface area contributed by atoms with Crippen molar-refractivity contribution in [1.29, 1.82) is 0 Å². The molecule has 1 amide bonds. The second-order valence-electron chi connectivity index (χ2n) is 5.92. The number of nitrogens with one attached hydrogen (secondary N) is 1. The largest absolute Gasteiger partial charge is 0.302 e. The first kappa shape index (κ1) is 16.7. The van der Waals surface area contributed by atoms with Gasteiger partial charge in [0.1, 0.15) is 5.01 Å². The number of hydrogen-bond donors (Lipinski definition) is 2. The molecule has 0 aliphatic heterocycles. The Morgan fingerprint density at radius 1 is 1.36 bits per heavy atom. The van der Waals surface area contributed by atoms with Crippen LogP contribution in [0.3, 0.4) is 0 Å². The zero-order valence-corrected chi connectivity index (χ0v) is 15.9. The maximum atomic E-state index is 12.6. The first-order chi connectivity index (χ1) is 12.1. The van der Waals surface area contributed by atoms with Crippen molar-refractivity contribution in [1.82, 2.24) is 9.97 Å². The maximum absolute atomic E-state index is 12.6. The molecular formula is C17H16N4OS3. The Labute approximate surface area is 157 Å². The first-order valence-corrected chi connectivity index (χ1v) is 10.4. The van der Waals surface area contributed by atoms with Crippen molar-refractivity contribution in [2.24, 2.45) is 11.1 Å². The number of carbonyl (C=O) groups excluding carboxylic acids is 1. The minimum absolute atomic E-state index is 0.0225. The number of thiazole rings is 2. The number of hydrogen-bond acceptors (Lipinski definition) is 7. The molecule has 8 heteroatoms. The molecule has 1 atom stereocenters. The van der Waals surface area contributed by atoms with Crippen molar-refractivity contribution < 1.29 is 4.79 Å². The van der Waals surface area contributed by atoms with E-state index in [-0.39, 0.29) is 11.8 Å². The Morgan fingerprint density at radius 2 is 2.20 bits per heavy atom. The zero-order chi connectivity index (χ0) is 17.4. The van der Waals surface area contributed by atoms with E-state index in [1.165, 1.54) is 34.4 Å². The Kier molecular flexibility index (Phi) is 4.60. The van der Waals surface area contributed by atoms with Gasteiger partial charge in [-0.3, -0.25) is 9.93 Å². The van der Waals surface area contributed by atoms with Crippen molar-refractivity contribution in [3.8, 4) is 10.6 Å². The second-order valence-corrected chi connectivity index (χ2v) is 8.72. The van der Waals surface area contributed by atoms with Crippen molar-refractivity contribution in [2.75, 3.05) is 5.32 Å². The topological polar surface area (TPSA) is 80.9 Å². The van der Waals surface area contributed by atoms with E-state index in [0.717, 1.165) is 33.3 Å². The highest BCUT2D eigenvalue weighted by atomic mass is 32.2. The van der Waals surface area contributed by atoms with E-state index < -0.39 is 0 Å².